The molecule has 6 heteroatoms. The lowest BCUT2D eigenvalue weighted by Gasteiger charge is -2.27. The Hall–Kier alpha value is -2.99. The number of morpholine rings is 1. The highest BCUT2D eigenvalue weighted by Gasteiger charge is 2.15. The van der Waals surface area contributed by atoms with E-state index in [1.165, 1.54) is 0 Å². The Labute approximate surface area is 151 Å². The predicted octanol–water partition coefficient (Wildman–Crippen LogP) is 2.40. The lowest BCUT2D eigenvalue weighted by Crippen LogP contribution is -2.37. The van der Waals surface area contributed by atoms with E-state index in [1.54, 1.807) is 22.9 Å². The normalized spacial score (nSPS) is 15.0. The Kier molecular flexibility index (Phi) is 4.50. The Balaban J connectivity index is 1.82. The second-order valence-electron chi connectivity index (χ2n) is 6.33. The number of nitrogens with zero attached hydrogens (tertiary/aromatic N) is 4. The second kappa shape index (κ2) is 7.09. The quantitative estimate of drug-likeness (QED) is 0.727. The van der Waals surface area contributed by atoms with Crippen molar-refractivity contribution < 1.29 is 4.74 Å². The number of aromatic nitrogens is 3. The molecule has 1 saturated heterocycles. The maximum Gasteiger partial charge on any atom is 0.259 e. The van der Waals surface area contributed by atoms with Crippen LogP contribution in [0.25, 0.3) is 17.8 Å². The van der Waals surface area contributed by atoms with Gasteiger partial charge in [-0.1, -0.05) is 12.2 Å². The van der Waals surface area contributed by atoms with Gasteiger partial charge in [-0.2, -0.15) is 0 Å². The number of fused-ring (bicyclic) bond motifs is 1. The number of ether oxygens (including phenoxy) is 1. The summed E-state index contributed by atoms with van der Waals surface area (Å²) in [6.45, 7) is 4.78. The fourth-order valence-electron chi connectivity index (χ4n) is 3.10. The van der Waals surface area contributed by atoms with Crippen LogP contribution < -0.4 is 10.5 Å². The van der Waals surface area contributed by atoms with Crippen LogP contribution in [0, 0.1) is 6.92 Å². The van der Waals surface area contributed by atoms with Crippen LogP contribution in [0.2, 0.25) is 0 Å². The van der Waals surface area contributed by atoms with E-state index in [4.69, 9.17) is 9.72 Å². The molecule has 0 saturated carbocycles. The summed E-state index contributed by atoms with van der Waals surface area (Å²) in [5, 5.41) is 0. The summed E-state index contributed by atoms with van der Waals surface area (Å²) in [6, 6.07) is 7.52. The van der Waals surface area contributed by atoms with Crippen LogP contribution >= 0.6 is 0 Å². The van der Waals surface area contributed by atoms with Crippen molar-refractivity contribution in [2.75, 3.05) is 31.2 Å². The highest BCUT2D eigenvalue weighted by Crippen LogP contribution is 2.18. The third-order valence-electron chi connectivity index (χ3n) is 4.41. The van der Waals surface area contributed by atoms with Gasteiger partial charge in [-0.25, -0.2) is 4.98 Å². The molecule has 6 nitrogen and oxygen atoms in total. The summed E-state index contributed by atoms with van der Waals surface area (Å²) in [5.74, 6) is 0.709. The molecule has 1 aliphatic rings. The zero-order valence-corrected chi connectivity index (χ0v) is 14.6. The predicted molar refractivity (Wildman–Crippen MR) is 102 cm³/mol. The van der Waals surface area contributed by atoms with Crippen molar-refractivity contribution in [3.8, 4) is 0 Å². The van der Waals surface area contributed by atoms with E-state index in [1.807, 2.05) is 43.5 Å². The SMILES string of the molecule is Cc1cc(C=Cc2ccncc2)c2nc(N3CCOCC3)cc(=O)n2c1. The zero-order valence-electron chi connectivity index (χ0n) is 14.6. The monoisotopic (exact) mass is 348 g/mol. The van der Waals surface area contributed by atoms with Gasteiger partial charge in [0.1, 0.15) is 11.5 Å². The molecule has 0 N–H and O–H groups in total. The molecular weight excluding hydrogens is 328 g/mol. The molecule has 3 aromatic heterocycles. The number of anilines is 1. The molecule has 0 atom stereocenters. The molecule has 1 fully saturated rings. The van der Waals surface area contributed by atoms with Crippen molar-refractivity contribution in [2.24, 2.45) is 0 Å². The minimum absolute atomic E-state index is 0.0706. The Bertz CT molecular complexity index is 1010. The zero-order chi connectivity index (χ0) is 17.9. The van der Waals surface area contributed by atoms with Gasteiger partial charge in [-0.3, -0.25) is 14.2 Å². The maximum atomic E-state index is 12.7. The first kappa shape index (κ1) is 16.5. The molecule has 0 bridgehead atoms. The van der Waals surface area contributed by atoms with Crippen LogP contribution in [0.5, 0.6) is 0 Å². The minimum Gasteiger partial charge on any atom is -0.378 e. The van der Waals surface area contributed by atoms with Gasteiger partial charge in [0.2, 0.25) is 0 Å². The molecule has 0 amide bonds. The fourth-order valence-corrected chi connectivity index (χ4v) is 3.10. The highest BCUT2D eigenvalue weighted by molar-refractivity contribution is 5.77. The van der Waals surface area contributed by atoms with Gasteiger partial charge in [-0.05, 0) is 36.2 Å². The lowest BCUT2D eigenvalue weighted by molar-refractivity contribution is 0.122. The van der Waals surface area contributed by atoms with Crippen molar-refractivity contribution in [2.45, 2.75) is 6.92 Å². The van der Waals surface area contributed by atoms with Crippen molar-refractivity contribution in [1.82, 2.24) is 14.4 Å². The standard InChI is InChI=1S/C20H20N4O2/c1-15-12-17(3-2-16-4-6-21-7-5-16)20-22-18(13-19(25)24(20)14-15)23-8-10-26-11-9-23/h2-7,12-14H,8-11H2,1H3. The molecule has 4 rings (SSSR count). The van der Waals surface area contributed by atoms with Gasteiger partial charge in [0.25, 0.3) is 5.56 Å². The van der Waals surface area contributed by atoms with E-state index in [2.05, 4.69) is 9.88 Å². The van der Waals surface area contributed by atoms with Gasteiger partial charge < -0.3 is 9.64 Å². The van der Waals surface area contributed by atoms with E-state index in [9.17, 15) is 4.79 Å². The molecule has 0 aliphatic carbocycles. The van der Waals surface area contributed by atoms with Crippen LogP contribution in [0.3, 0.4) is 0 Å². The van der Waals surface area contributed by atoms with Crippen LogP contribution in [-0.2, 0) is 4.74 Å². The summed E-state index contributed by atoms with van der Waals surface area (Å²) in [6.07, 6.45) is 9.34. The number of hydrogen-bond acceptors (Lipinski definition) is 5. The first-order valence-electron chi connectivity index (χ1n) is 8.65. The van der Waals surface area contributed by atoms with Gasteiger partial charge in [0, 0.05) is 43.3 Å². The summed E-state index contributed by atoms with van der Waals surface area (Å²) < 4.78 is 7.01. The number of aryl methyl sites for hydroxylation is 1. The number of hydrogen-bond donors (Lipinski definition) is 0. The van der Waals surface area contributed by atoms with E-state index in [-0.39, 0.29) is 5.56 Å². The third kappa shape index (κ3) is 3.36. The Morgan fingerprint density at radius 3 is 2.65 bits per heavy atom. The van der Waals surface area contributed by atoms with Gasteiger partial charge in [-0.15, -0.1) is 0 Å². The highest BCUT2D eigenvalue weighted by atomic mass is 16.5. The van der Waals surface area contributed by atoms with E-state index < -0.39 is 0 Å². The molecule has 26 heavy (non-hydrogen) atoms. The van der Waals surface area contributed by atoms with Crippen molar-refractivity contribution >= 4 is 23.6 Å². The molecule has 0 spiro atoms. The average molecular weight is 348 g/mol. The maximum absolute atomic E-state index is 12.7. The van der Waals surface area contributed by atoms with Gasteiger partial charge in [0.15, 0.2) is 0 Å². The molecule has 0 aromatic carbocycles. The van der Waals surface area contributed by atoms with Crippen LogP contribution in [-0.4, -0.2) is 40.7 Å². The Morgan fingerprint density at radius 1 is 1.12 bits per heavy atom. The largest absolute Gasteiger partial charge is 0.378 e. The smallest absolute Gasteiger partial charge is 0.259 e. The average Bonchev–Trinajstić information content (AvgIpc) is 2.68. The molecule has 3 aromatic rings. The topological polar surface area (TPSA) is 59.7 Å². The van der Waals surface area contributed by atoms with Crippen LogP contribution in [0.15, 0.2) is 47.7 Å². The molecule has 0 radical (unpaired) electrons. The summed E-state index contributed by atoms with van der Waals surface area (Å²) >= 11 is 0. The molecular formula is C20H20N4O2. The number of pyridine rings is 2. The number of rotatable bonds is 3. The van der Waals surface area contributed by atoms with Crippen molar-refractivity contribution in [3.63, 3.8) is 0 Å². The molecule has 4 heterocycles. The van der Waals surface area contributed by atoms with Crippen LogP contribution in [0.1, 0.15) is 16.7 Å². The molecule has 1 aliphatic heterocycles. The van der Waals surface area contributed by atoms with Gasteiger partial charge >= 0.3 is 0 Å². The van der Waals surface area contributed by atoms with Gasteiger partial charge in [0.05, 0.1) is 13.2 Å². The first-order valence-corrected chi connectivity index (χ1v) is 8.65. The summed E-state index contributed by atoms with van der Waals surface area (Å²) in [5.41, 5.74) is 3.56. The van der Waals surface area contributed by atoms with Crippen molar-refractivity contribution in [1.29, 1.82) is 0 Å². The van der Waals surface area contributed by atoms with E-state index in [0.717, 1.165) is 29.8 Å². The summed E-state index contributed by atoms with van der Waals surface area (Å²) in [7, 11) is 0. The van der Waals surface area contributed by atoms with E-state index in [0.29, 0.717) is 24.7 Å². The lowest BCUT2D eigenvalue weighted by atomic mass is 10.1. The van der Waals surface area contributed by atoms with Crippen LogP contribution in [0.4, 0.5) is 5.82 Å². The third-order valence-corrected chi connectivity index (χ3v) is 4.41. The minimum atomic E-state index is -0.0706. The van der Waals surface area contributed by atoms with E-state index >= 15 is 0 Å². The fraction of sp³-hybridized carbons (Fsp3) is 0.250. The summed E-state index contributed by atoms with van der Waals surface area (Å²) in [4.78, 5) is 23.6. The van der Waals surface area contributed by atoms with Crippen molar-refractivity contribution in [3.05, 3.63) is 69.9 Å². The first-order chi connectivity index (χ1) is 12.7. The molecule has 0 unspecified atom stereocenters. The molecule has 132 valence electrons. The Morgan fingerprint density at radius 2 is 1.88 bits per heavy atom. The second-order valence-corrected chi connectivity index (χ2v) is 6.33.